The number of dihydropyridines is 1. The second-order valence-electron chi connectivity index (χ2n) is 6.18. The van der Waals surface area contributed by atoms with Crippen LogP contribution in [0.2, 0.25) is 5.02 Å². The molecule has 0 fully saturated rings. The van der Waals surface area contributed by atoms with Crippen LogP contribution in [-0.2, 0) is 28.6 Å². The van der Waals surface area contributed by atoms with Crippen LogP contribution in [0.25, 0.3) is 0 Å². The molecule has 0 aromatic heterocycles. The summed E-state index contributed by atoms with van der Waals surface area (Å²) in [6.45, 7) is 3.34. The smallest absolute Gasteiger partial charge is 0.336 e. The molecule has 2 rings (SSSR count). The van der Waals surface area contributed by atoms with Crippen LogP contribution in [0.1, 0.15) is 25.3 Å². The average Bonchev–Trinajstić information content (AvgIpc) is 2.67. The molecule has 0 spiro atoms. The van der Waals surface area contributed by atoms with Crippen LogP contribution in [0.5, 0.6) is 0 Å². The second-order valence-corrected chi connectivity index (χ2v) is 6.58. The third-order valence-electron chi connectivity index (χ3n) is 4.47. The molecular weight excluding hydrogens is 400 g/mol. The molecule has 0 saturated carbocycles. The maximum atomic E-state index is 13.0. The number of nitrogens with one attached hydrogen (secondary N) is 1. The molecule has 1 heterocycles. The van der Waals surface area contributed by atoms with E-state index in [1.165, 1.54) is 14.2 Å². The molecular formula is C20H23ClN2O6. The minimum Gasteiger partial charge on any atom is -0.466 e. The Hall–Kier alpha value is -2.84. The Kier molecular flexibility index (Phi) is 7.41. The van der Waals surface area contributed by atoms with Crippen molar-refractivity contribution in [3.05, 3.63) is 57.4 Å². The number of hydrogen-bond acceptors (Lipinski definition) is 7. The first-order valence-electron chi connectivity index (χ1n) is 8.82. The molecule has 0 aliphatic carbocycles. The Morgan fingerprint density at radius 3 is 2.34 bits per heavy atom. The fourth-order valence-electron chi connectivity index (χ4n) is 3.27. The predicted molar refractivity (Wildman–Crippen MR) is 106 cm³/mol. The van der Waals surface area contributed by atoms with Gasteiger partial charge in [0, 0.05) is 17.8 Å². The molecule has 0 bridgehead atoms. The van der Waals surface area contributed by atoms with Crippen molar-refractivity contribution >= 4 is 29.4 Å². The number of nitrogens with two attached hydrogens (primary N) is 1. The topological polar surface area (TPSA) is 117 Å². The molecule has 1 aromatic rings. The van der Waals surface area contributed by atoms with Gasteiger partial charge in [-0.3, -0.25) is 4.79 Å². The van der Waals surface area contributed by atoms with Crippen LogP contribution >= 0.6 is 11.6 Å². The Balaban J connectivity index is 2.87. The maximum absolute atomic E-state index is 13.0. The molecule has 0 saturated heterocycles. The molecule has 2 unspecified atom stereocenters. The fourth-order valence-corrected chi connectivity index (χ4v) is 3.52. The number of hydrogen-bond donors (Lipinski definition) is 2. The van der Waals surface area contributed by atoms with Gasteiger partial charge in [-0.05, 0) is 25.5 Å². The number of carbonyl (C=O) groups excluding carboxylic acids is 3. The van der Waals surface area contributed by atoms with E-state index in [-0.39, 0.29) is 23.5 Å². The van der Waals surface area contributed by atoms with Gasteiger partial charge in [-0.25, -0.2) is 9.59 Å². The summed E-state index contributed by atoms with van der Waals surface area (Å²) in [5.41, 5.74) is 6.55. The van der Waals surface area contributed by atoms with Crippen LogP contribution in [0.15, 0.2) is 46.8 Å². The monoisotopic (exact) mass is 422 g/mol. The number of halogens is 1. The van der Waals surface area contributed by atoms with Crippen molar-refractivity contribution in [2.45, 2.75) is 25.9 Å². The SMILES string of the molecule is CCOC(=O)C1=C(C(OC)C(N)=O)NC(C)=C(C(=O)OC)C1c1ccccc1Cl. The first-order valence-corrected chi connectivity index (χ1v) is 9.19. The molecule has 156 valence electrons. The van der Waals surface area contributed by atoms with E-state index in [1.807, 2.05) is 0 Å². The minimum atomic E-state index is -1.27. The van der Waals surface area contributed by atoms with E-state index >= 15 is 0 Å². The number of primary amides is 1. The van der Waals surface area contributed by atoms with Crippen molar-refractivity contribution in [3.8, 4) is 0 Å². The van der Waals surface area contributed by atoms with Crippen LogP contribution < -0.4 is 11.1 Å². The molecule has 2 atom stereocenters. The summed E-state index contributed by atoms with van der Waals surface area (Å²) in [4.78, 5) is 37.6. The van der Waals surface area contributed by atoms with Crippen molar-refractivity contribution in [3.63, 3.8) is 0 Å². The second kappa shape index (κ2) is 9.58. The lowest BCUT2D eigenvalue weighted by molar-refractivity contribution is -0.139. The van der Waals surface area contributed by atoms with E-state index in [4.69, 9.17) is 31.5 Å². The normalized spacial score (nSPS) is 17.5. The average molecular weight is 423 g/mol. The van der Waals surface area contributed by atoms with E-state index < -0.39 is 29.9 Å². The van der Waals surface area contributed by atoms with E-state index in [0.717, 1.165) is 0 Å². The molecule has 1 amide bonds. The fraction of sp³-hybridized carbons (Fsp3) is 0.350. The zero-order valence-corrected chi connectivity index (χ0v) is 17.3. The molecule has 1 aliphatic rings. The van der Waals surface area contributed by atoms with E-state index in [2.05, 4.69) is 5.32 Å². The quantitative estimate of drug-likeness (QED) is 0.643. The summed E-state index contributed by atoms with van der Waals surface area (Å²) in [6, 6.07) is 6.75. The number of esters is 2. The summed E-state index contributed by atoms with van der Waals surface area (Å²) in [7, 11) is 2.52. The number of allylic oxidation sites excluding steroid dienone is 1. The van der Waals surface area contributed by atoms with Crippen LogP contribution in [0.3, 0.4) is 0 Å². The van der Waals surface area contributed by atoms with Crippen molar-refractivity contribution in [1.82, 2.24) is 5.32 Å². The summed E-state index contributed by atoms with van der Waals surface area (Å²) in [5, 5.41) is 3.23. The standard InChI is InChI=1S/C20H23ClN2O6/c1-5-29-20(26)15-14(11-8-6-7-9-12(11)21)13(19(25)28-4)10(2)23-16(15)17(27-3)18(22)24/h6-9,14,17,23H,5H2,1-4H3,(H2,22,24). The van der Waals surface area contributed by atoms with Gasteiger partial charge in [0.25, 0.3) is 5.91 Å². The highest BCUT2D eigenvalue weighted by atomic mass is 35.5. The van der Waals surface area contributed by atoms with Gasteiger partial charge in [0.1, 0.15) is 0 Å². The van der Waals surface area contributed by atoms with Gasteiger partial charge in [0.05, 0.1) is 36.5 Å². The lowest BCUT2D eigenvalue weighted by Gasteiger charge is -2.33. The van der Waals surface area contributed by atoms with Gasteiger partial charge >= 0.3 is 11.9 Å². The summed E-state index contributed by atoms with van der Waals surface area (Å²) in [5.74, 6) is -3.17. The number of amides is 1. The highest BCUT2D eigenvalue weighted by Gasteiger charge is 2.42. The van der Waals surface area contributed by atoms with Crippen LogP contribution in [-0.4, -0.2) is 44.8 Å². The maximum Gasteiger partial charge on any atom is 0.336 e. The van der Waals surface area contributed by atoms with Crippen LogP contribution in [0.4, 0.5) is 0 Å². The Morgan fingerprint density at radius 1 is 1.17 bits per heavy atom. The number of rotatable bonds is 7. The molecule has 8 nitrogen and oxygen atoms in total. The predicted octanol–water partition coefficient (Wildman–Crippen LogP) is 1.79. The van der Waals surface area contributed by atoms with Crippen molar-refractivity contribution < 1.29 is 28.6 Å². The first-order chi connectivity index (χ1) is 13.8. The number of methoxy groups -OCH3 is 2. The zero-order valence-electron chi connectivity index (χ0n) is 16.6. The lowest BCUT2D eigenvalue weighted by Crippen LogP contribution is -2.43. The van der Waals surface area contributed by atoms with Gasteiger partial charge in [-0.1, -0.05) is 29.8 Å². The molecule has 1 aliphatic heterocycles. The Labute approximate surface area is 173 Å². The third kappa shape index (κ3) is 4.44. The van der Waals surface area contributed by atoms with Crippen LogP contribution in [0, 0.1) is 0 Å². The van der Waals surface area contributed by atoms with Crippen molar-refractivity contribution in [2.24, 2.45) is 5.73 Å². The van der Waals surface area contributed by atoms with Gasteiger partial charge in [0.2, 0.25) is 0 Å². The Morgan fingerprint density at radius 2 is 1.83 bits per heavy atom. The highest BCUT2D eigenvalue weighted by Crippen LogP contribution is 2.42. The minimum absolute atomic E-state index is 0.00315. The molecule has 1 aromatic carbocycles. The van der Waals surface area contributed by atoms with Crippen molar-refractivity contribution in [2.75, 3.05) is 20.8 Å². The van der Waals surface area contributed by atoms with Gasteiger partial charge in [0.15, 0.2) is 6.10 Å². The largest absolute Gasteiger partial charge is 0.466 e. The molecule has 0 radical (unpaired) electrons. The molecule has 3 N–H and O–H groups in total. The summed E-state index contributed by atoms with van der Waals surface area (Å²) >= 11 is 6.40. The molecule has 29 heavy (non-hydrogen) atoms. The summed E-state index contributed by atoms with van der Waals surface area (Å²) in [6.07, 6.45) is -1.27. The highest BCUT2D eigenvalue weighted by molar-refractivity contribution is 6.31. The first kappa shape index (κ1) is 22.4. The number of ether oxygens (including phenoxy) is 3. The van der Waals surface area contributed by atoms with Gasteiger partial charge in [-0.2, -0.15) is 0 Å². The van der Waals surface area contributed by atoms with Gasteiger partial charge < -0.3 is 25.3 Å². The van der Waals surface area contributed by atoms with E-state index in [0.29, 0.717) is 16.3 Å². The third-order valence-corrected chi connectivity index (χ3v) is 4.81. The summed E-state index contributed by atoms with van der Waals surface area (Å²) < 4.78 is 15.4. The lowest BCUT2D eigenvalue weighted by atomic mass is 9.79. The van der Waals surface area contributed by atoms with E-state index in [9.17, 15) is 14.4 Å². The number of carbonyl (C=O) groups is 3. The van der Waals surface area contributed by atoms with Gasteiger partial charge in [-0.15, -0.1) is 0 Å². The Bertz CT molecular complexity index is 893. The number of benzene rings is 1. The van der Waals surface area contributed by atoms with Crippen molar-refractivity contribution in [1.29, 1.82) is 0 Å². The van der Waals surface area contributed by atoms with E-state index in [1.54, 1.807) is 38.1 Å². The molecule has 9 heteroatoms. The zero-order chi connectivity index (χ0) is 21.7.